The molecule has 86 valence electrons. The van der Waals surface area contributed by atoms with E-state index in [2.05, 4.69) is 5.32 Å². The smallest absolute Gasteiger partial charge is 0.336 e. The van der Waals surface area contributed by atoms with Gasteiger partial charge in [-0.1, -0.05) is 0 Å². The molecule has 0 aliphatic rings. The number of hydrogen-bond donors (Lipinski definition) is 2. The van der Waals surface area contributed by atoms with Crippen molar-refractivity contribution < 1.29 is 19.1 Å². The van der Waals surface area contributed by atoms with E-state index in [0.29, 0.717) is 5.56 Å². The minimum atomic E-state index is -1.14. The maximum absolute atomic E-state index is 11.6. The molecule has 0 atom stereocenters. The number of carboxylic acid groups (broad SMARTS) is 1. The summed E-state index contributed by atoms with van der Waals surface area (Å²) >= 11 is 0. The summed E-state index contributed by atoms with van der Waals surface area (Å²) in [6.07, 6.45) is 0. The van der Waals surface area contributed by atoms with Crippen molar-refractivity contribution in [3.8, 4) is 0 Å². The molecule has 0 saturated carbocycles. The molecule has 1 aromatic heterocycles. The number of nitrogens with one attached hydrogen (secondary N) is 1. The Bertz CT molecular complexity index is 462. The number of amides is 1. The molecule has 0 unspecified atom stereocenters. The Morgan fingerprint density at radius 1 is 1.44 bits per heavy atom. The van der Waals surface area contributed by atoms with Gasteiger partial charge >= 0.3 is 11.6 Å². The zero-order valence-electron chi connectivity index (χ0n) is 8.86. The van der Waals surface area contributed by atoms with E-state index in [1.807, 2.05) is 0 Å². The van der Waals surface area contributed by atoms with E-state index < -0.39 is 24.0 Å². The number of hydrogen-bond acceptors (Lipinski definition) is 4. The van der Waals surface area contributed by atoms with Gasteiger partial charge in [0.25, 0.3) is 5.91 Å². The lowest BCUT2D eigenvalue weighted by Crippen LogP contribution is -2.30. The van der Waals surface area contributed by atoms with Crippen LogP contribution in [0.1, 0.15) is 21.7 Å². The molecular weight excluding hydrogens is 214 g/mol. The highest BCUT2D eigenvalue weighted by Crippen LogP contribution is 2.10. The predicted octanol–water partition coefficient (Wildman–Crippen LogP) is 0.0710. The van der Waals surface area contributed by atoms with Crippen LogP contribution in [-0.2, 0) is 4.79 Å². The molecule has 6 nitrogen and oxygen atoms in total. The Labute approximate surface area is 90.9 Å². The van der Waals surface area contributed by atoms with Gasteiger partial charge in [0.05, 0.1) is 5.56 Å². The summed E-state index contributed by atoms with van der Waals surface area (Å²) < 4.78 is 4.75. The maximum Gasteiger partial charge on any atom is 0.336 e. The molecular formula is C10H11NO5. The Kier molecular flexibility index (Phi) is 3.44. The number of aryl methyl sites for hydroxylation is 2. The topological polar surface area (TPSA) is 96.6 Å². The number of carbonyl (C=O) groups is 2. The molecule has 1 amide bonds. The first kappa shape index (κ1) is 12.0. The molecule has 16 heavy (non-hydrogen) atoms. The fourth-order valence-corrected chi connectivity index (χ4v) is 1.34. The average molecular weight is 225 g/mol. The van der Waals surface area contributed by atoms with Gasteiger partial charge in [-0.15, -0.1) is 0 Å². The first-order chi connectivity index (χ1) is 7.41. The van der Waals surface area contributed by atoms with Gasteiger partial charge in [0, 0.05) is 6.07 Å². The molecule has 6 heteroatoms. The molecule has 0 aliphatic heterocycles. The Morgan fingerprint density at radius 2 is 2.06 bits per heavy atom. The summed E-state index contributed by atoms with van der Waals surface area (Å²) in [6.45, 7) is 2.58. The number of aliphatic carboxylic acids is 1. The third-order valence-corrected chi connectivity index (χ3v) is 1.96. The van der Waals surface area contributed by atoms with Crippen LogP contribution in [-0.4, -0.2) is 23.5 Å². The predicted molar refractivity (Wildman–Crippen MR) is 54.4 cm³/mol. The summed E-state index contributed by atoms with van der Waals surface area (Å²) in [5, 5.41) is 10.6. The average Bonchev–Trinajstić information content (AvgIpc) is 2.12. The largest absolute Gasteiger partial charge is 0.480 e. The Morgan fingerprint density at radius 3 is 2.56 bits per heavy atom. The van der Waals surface area contributed by atoms with E-state index in [1.165, 1.54) is 13.0 Å². The molecule has 0 bridgehead atoms. The summed E-state index contributed by atoms with van der Waals surface area (Å²) in [4.78, 5) is 32.8. The standard InChI is InChI=1S/C10H11NO5/c1-5-3-8(14)16-6(2)9(5)10(15)11-4-7(12)13/h3H,4H2,1-2H3,(H,11,15)(H,12,13). The van der Waals surface area contributed by atoms with Crippen LogP contribution < -0.4 is 10.9 Å². The third kappa shape index (κ3) is 2.69. The quantitative estimate of drug-likeness (QED) is 0.758. The zero-order valence-corrected chi connectivity index (χ0v) is 8.86. The normalized spacial score (nSPS) is 9.88. The van der Waals surface area contributed by atoms with Crippen LogP contribution in [0.25, 0.3) is 0 Å². The van der Waals surface area contributed by atoms with Crippen LogP contribution in [0.15, 0.2) is 15.3 Å². The second kappa shape index (κ2) is 4.61. The maximum atomic E-state index is 11.6. The summed E-state index contributed by atoms with van der Waals surface area (Å²) in [5.41, 5.74) is 0.113. The number of carbonyl (C=O) groups excluding carboxylic acids is 1. The summed E-state index contributed by atoms with van der Waals surface area (Å²) in [6, 6.07) is 1.18. The van der Waals surface area contributed by atoms with Crippen molar-refractivity contribution >= 4 is 11.9 Å². The van der Waals surface area contributed by atoms with E-state index in [0.717, 1.165) is 0 Å². The fraction of sp³-hybridized carbons (Fsp3) is 0.300. The Hall–Kier alpha value is -2.11. The van der Waals surface area contributed by atoms with Crippen molar-refractivity contribution in [2.45, 2.75) is 13.8 Å². The van der Waals surface area contributed by atoms with Crippen LogP contribution in [0, 0.1) is 13.8 Å². The van der Waals surface area contributed by atoms with Crippen LogP contribution in [0.3, 0.4) is 0 Å². The summed E-state index contributed by atoms with van der Waals surface area (Å²) in [7, 11) is 0. The van der Waals surface area contributed by atoms with Gasteiger partial charge in [-0.25, -0.2) is 4.79 Å². The summed E-state index contributed by atoms with van der Waals surface area (Å²) in [5.74, 6) is -1.53. The van der Waals surface area contributed by atoms with E-state index in [4.69, 9.17) is 9.52 Å². The van der Waals surface area contributed by atoms with E-state index in [1.54, 1.807) is 6.92 Å². The van der Waals surface area contributed by atoms with Crippen LogP contribution >= 0.6 is 0 Å². The van der Waals surface area contributed by atoms with Crippen molar-refractivity contribution in [3.05, 3.63) is 33.4 Å². The first-order valence-corrected chi connectivity index (χ1v) is 4.53. The fourth-order valence-electron chi connectivity index (χ4n) is 1.34. The highest BCUT2D eigenvalue weighted by atomic mass is 16.4. The van der Waals surface area contributed by atoms with Crippen LogP contribution in [0.4, 0.5) is 0 Å². The van der Waals surface area contributed by atoms with Gasteiger partial charge in [0.15, 0.2) is 0 Å². The lowest BCUT2D eigenvalue weighted by molar-refractivity contribution is -0.135. The van der Waals surface area contributed by atoms with Crippen molar-refractivity contribution in [1.29, 1.82) is 0 Å². The molecule has 0 fully saturated rings. The molecule has 2 N–H and O–H groups in total. The van der Waals surface area contributed by atoms with Gasteiger partial charge in [-0.2, -0.15) is 0 Å². The molecule has 0 spiro atoms. The molecule has 0 radical (unpaired) electrons. The zero-order chi connectivity index (χ0) is 12.3. The molecule has 0 aliphatic carbocycles. The Balaban J connectivity index is 3.00. The monoisotopic (exact) mass is 225 g/mol. The minimum Gasteiger partial charge on any atom is -0.480 e. The highest BCUT2D eigenvalue weighted by Gasteiger charge is 2.15. The minimum absolute atomic E-state index is 0.174. The van der Waals surface area contributed by atoms with Crippen LogP contribution in [0.5, 0.6) is 0 Å². The number of rotatable bonds is 3. The number of carboxylic acids is 1. The van der Waals surface area contributed by atoms with E-state index >= 15 is 0 Å². The second-order valence-electron chi connectivity index (χ2n) is 3.26. The van der Waals surface area contributed by atoms with Crippen molar-refractivity contribution in [1.82, 2.24) is 5.32 Å². The first-order valence-electron chi connectivity index (χ1n) is 4.53. The van der Waals surface area contributed by atoms with Gasteiger partial charge in [0.2, 0.25) is 0 Å². The van der Waals surface area contributed by atoms with Gasteiger partial charge in [0.1, 0.15) is 12.3 Å². The van der Waals surface area contributed by atoms with Gasteiger partial charge in [-0.05, 0) is 19.4 Å². The van der Waals surface area contributed by atoms with Crippen molar-refractivity contribution in [3.63, 3.8) is 0 Å². The van der Waals surface area contributed by atoms with E-state index in [9.17, 15) is 14.4 Å². The van der Waals surface area contributed by atoms with E-state index in [-0.39, 0.29) is 11.3 Å². The molecule has 1 heterocycles. The van der Waals surface area contributed by atoms with Crippen LogP contribution in [0.2, 0.25) is 0 Å². The second-order valence-corrected chi connectivity index (χ2v) is 3.26. The molecule has 1 aromatic rings. The molecule has 0 saturated heterocycles. The lowest BCUT2D eigenvalue weighted by Gasteiger charge is -2.07. The van der Waals surface area contributed by atoms with Crippen molar-refractivity contribution in [2.75, 3.05) is 6.54 Å². The van der Waals surface area contributed by atoms with Gasteiger partial charge < -0.3 is 14.8 Å². The molecule has 1 rings (SSSR count). The SMILES string of the molecule is Cc1cc(=O)oc(C)c1C(=O)NCC(=O)O. The van der Waals surface area contributed by atoms with Gasteiger partial charge in [-0.3, -0.25) is 9.59 Å². The molecule has 0 aromatic carbocycles. The highest BCUT2D eigenvalue weighted by molar-refractivity contribution is 5.97. The van der Waals surface area contributed by atoms with Crippen molar-refractivity contribution in [2.24, 2.45) is 0 Å². The third-order valence-electron chi connectivity index (χ3n) is 1.96. The lowest BCUT2D eigenvalue weighted by atomic mass is 10.1.